The Hall–Kier alpha value is -2.45. The maximum Gasteiger partial charge on any atom is 0.416 e. The Morgan fingerprint density at radius 3 is 2.56 bits per heavy atom. The summed E-state index contributed by atoms with van der Waals surface area (Å²) in [5.41, 5.74) is -0.267. The van der Waals surface area contributed by atoms with Gasteiger partial charge in [-0.05, 0) is 31.3 Å². The highest BCUT2D eigenvalue weighted by atomic mass is 35.5. The normalized spacial score (nSPS) is 12.0. The average molecular weight is 400 g/mol. The van der Waals surface area contributed by atoms with Crippen LogP contribution in [0.4, 0.5) is 17.6 Å². The van der Waals surface area contributed by atoms with Gasteiger partial charge in [-0.3, -0.25) is 4.90 Å². The van der Waals surface area contributed by atoms with Crippen LogP contribution in [0.2, 0.25) is 5.02 Å². The molecule has 9 heteroatoms. The molecule has 3 aromatic rings. The molecule has 142 valence electrons. The van der Waals surface area contributed by atoms with E-state index in [1.54, 1.807) is 18.0 Å². The van der Waals surface area contributed by atoms with Gasteiger partial charge in [0.05, 0.1) is 12.1 Å². The third-order valence-corrected chi connectivity index (χ3v) is 4.17. The van der Waals surface area contributed by atoms with Gasteiger partial charge in [0.2, 0.25) is 11.7 Å². The highest BCUT2D eigenvalue weighted by Crippen LogP contribution is 2.31. The van der Waals surface area contributed by atoms with E-state index < -0.39 is 17.6 Å². The van der Waals surface area contributed by atoms with Crippen LogP contribution in [0.25, 0.3) is 11.4 Å². The van der Waals surface area contributed by atoms with Crippen molar-refractivity contribution < 1.29 is 22.1 Å². The van der Waals surface area contributed by atoms with Crippen LogP contribution in [0.1, 0.15) is 17.0 Å². The maximum atomic E-state index is 13.9. The summed E-state index contributed by atoms with van der Waals surface area (Å²) >= 11 is 6.00. The highest BCUT2D eigenvalue weighted by molar-refractivity contribution is 6.31. The third-order valence-electron chi connectivity index (χ3n) is 3.81. The summed E-state index contributed by atoms with van der Waals surface area (Å²) in [5, 5.41) is 4.03. The van der Waals surface area contributed by atoms with Gasteiger partial charge in [0.25, 0.3) is 0 Å². The molecule has 0 bridgehead atoms. The van der Waals surface area contributed by atoms with Crippen molar-refractivity contribution in [1.82, 2.24) is 15.0 Å². The van der Waals surface area contributed by atoms with Gasteiger partial charge in [-0.25, -0.2) is 4.39 Å². The molecule has 0 saturated heterocycles. The summed E-state index contributed by atoms with van der Waals surface area (Å²) in [6.45, 7) is 0.378. The van der Waals surface area contributed by atoms with Crippen LogP contribution in [0, 0.1) is 5.82 Å². The van der Waals surface area contributed by atoms with Gasteiger partial charge in [-0.2, -0.15) is 18.2 Å². The molecule has 0 saturated carbocycles. The summed E-state index contributed by atoms with van der Waals surface area (Å²) in [7, 11) is 1.71. The van der Waals surface area contributed by atoms with Crippen LogP contribution < -0.4 is 0 Å². The lowest BCUT2D eigenvalue weighted by Gasteiger charge is -2.15. The first-order chi connectivity index (χ1) is 12.7. The van der Waals surface area contributed by atoms with Crippen LogP contribution in [0.3, 0.4) is 0 Å². The maximum absolute atomic E-state index is 13.9. The second kappa shape index (κ2) is 7.66. The number of halogens is 5. The second-order valence-corrected chi connectivity index (χ2v) is 6.37. The lowest BCUT2D eigenvalue weighted by Crippen LogP contribution is -2.18. The molecule has 0 amide bonds. The van der Waals surface area contributed by atoms with E-state index in [1.165, 1.54) is 24.3 Å². The molecule has 27 heavy (non-hydrogen) atoms. The lowest BCUT2D eigenvalue weighted by molar-refractivity contribution is -0.137. The molecular formula is C18H14ClF4N3O. The monoisotopic (exact) mass is 399 g/mol. The first kappa shape index (κ1) is 19.3. The fraction of sp³-hybridized carbons (Fsp3) is 0.222. The number of hydrogen-bond acceptors (Lipinski definition) is 4. The molecule has 0 N–H and O–H groups in total. The second-order valence-electron chi connectivity index (χ2n) is 5.96. The Morgan fingerprint density at radius 2 is 1.85 bits per heavy atom. The SMILES string of the molecule is CN(Cc1nc(-c2cccc(C(F)(F)F)c2)no1)Cc1c(F)cccc1Cl. The fourth-order valence-electron chi connectivity index (χ4n) is 2.51. The van der Waals surface area contributed by atoms with Crippen molar-refractivity contribution in [2.75, 3.05) is 7.05 Å². The molecule has 0 fully saturated rings. The van der Waals surface area contributed by atoms with Crippen molar-refractivity contribution in [2.45, 2.75) is 19.3 Å². The first-order valence-electron chi connectivity index (χ1n) is 7.85. The molecule has 1 aromatic heterocycles. The number of nitrogens with zero attached hydrogens (tertiary/aromatic N) is 3. The fourth-order valence-corrected chi connectivity index (χ4v) is 2.73. The quantitative estimate of drug-likeness (QED) is 0.554. The van der Waals surface area contributed by atoms with E-state index in [1.807, 2.05) is 0 Å². The van der Waals surface area contributed by atoms with Crippen molar-refractivity contribution in [3.8, 4) is 11.4 Å². The molecule has 4 nitrogen and oxygen atoms in total. The largest absolute Gasteiger partial charge is 0.416 e. The zero-order valence-corrected chi connectivity index (χ0v) is 14.9. The molecular weight excluding hydrogens is 386 g/mol. The smallest absolute Gasteiger partial charge is 0.338 e. The zero-order chi connectivity index (χ0) is 19.6. The minimum atomic E-state index is -4.46. The molecule has 0 aliphatic heterocycles. The molecule has 1 heterocycles. The van der Waals surface area contributed by atoms with E-state index in [2.05, 4.69) is 10.1 Å². The minimum Gasteiger partial charge on any atom is -0.338 e. The van der Waals surface area contributed by atoms with E-state index in [4.69, 9.17) is 16.1 Å². The van der Waals surface area contributed by atoms with Crippen LogP contribution >= 0.6 is 11.6 Å². The van der Waals surface area contributed by atoms with Crippen molar-refractivity contribution in [3.05, 3.63) is 70.3 Å². The minimum absolute atomic E-state index is 0.0495. The van der Waals surface area contributed by atoms with Crippen LogP contribution in [0.5, 0.6) is 0 Å². The summed E-state index contributed by atoms with van der Waals surface area (Å²) in [6.07, 6.45) is -4.46. The molecule has 0 aliphatic rings. The van der Waals surface area contributed by atoms with E-state index in [0.29, 0.717) is 10.6 Å². The van der Waals surface area contributed by atoms with Crippen LogP contribution in [-0.4, -0.2) is 22.1 Å². The Kier molecular flexibility index (Phi) is 5.48. The Labute approximate surface area is 157 Å². The van der Waals surface area contributed by atoms with Gasteiger partial charge in [0, 0.05) is 22.7 Å². The predicted molar refractivity (Wildman–Crippen MR) is 91.3 cm³/mol. The summed E-state index contributed by atoms with van der Waals surface area (Å²) in [4.78, 5) is 5.82. The highest BCUT2D eigenvalue weighted by Gasteiger charge is 2.30. The average Bonchev–Trinajstić information content (AvgIpc) is 3.06. The van der Waals surface area contributed by atoms with Gasteiger partial charge < -0.3 is 4.52 Å². The number of rotatable bonds is 5. The van der Waals surface area contributed by atoms with Crippen molar-refractivity contribution in [1.29, 1.82) is 0 Å². The topological polar surface area (TPSA) is 42.2 Å². The molecule has 0 spiro atoms. The van der Waals surface area contributed by atoms with E-state index in [9.17, 15) is 17.6 Å². The zero-order valence-electron chi connectivity index (χ0n) is 14.1. The molecule has 3 rings (SSSR count). The standard InChI is InChI=1S/C18H14ClF4N3O/c1-26(9-13-14(19)6-3-7-15(13)20)10-16-24-17(25-27-16)11-4-2-5-12(8-11)18(21,22)23/h2-8H,9-10H2,1H3. The van der Waals surface area contributed by atoms with Gasteiger partial charge in [-0.15, -0.1) is 0 Å². The Bertz CT molecular complexity index is 922. The van der Waals surface area contributed by atoms with Gasteiger partial charge in [-0.1, -0.05) is 35.0 Å². The van der Waals surface area contributed by atoms with Gasteiger partial charge in [0.15, 0.2) is 0 Å². The molecule has 0 atom stereocenters. The lowest BCUT2D eigenvalue weighted by atomic mass is 10.1. The number of aromatic nitrogens is 2. The number of hydrogen-bond donors (Lipinski definition) is 0. The summed E-state index contributed by atoms with van der Waals surface area (Å²) in [6, 6.07) is 9.08. The van der Waals surface area contributed by atoms with Crippen molar-refractivity contribution in [2.24, 2.45) is 0 Å². The Balaban J connectivity index is 1.73. The van der Waals surface area contributed by atoms with Crippen LogP contribution in [0.15, 0.2) is 47.0 Å². The predicted octanol–water partition coefficient (Wildman–Crippen LogP) is 5.18. The van der Waals surface area contributed by atoms with Crippen molar-refractivity contribution >= 4 is 11.6 Å². The third kappa shape index (κ3) is 4.64. The van der Waals surface area contributed by atoms with E-state index in [0.717, 1.165) is 12.1 Å². The molecule has 0 aliphatic carbocycles. The van der Waals surface area contributed by atoms with Crippen molar-refractivity contribution in [3.63, 3.8) is 0 Å². The summed E-state index contributed by atoms with van der Waals surface area (Å²) < 4.78 is 57.4. The number of alkyl halides is 3. The van der Waals surface area contributed by atoms with E-state index in [-0.39, 0.29) is 30.4 Å². The molecule has 0 unspecified atom stereocenters. The van der Waals surface area contributed by atoms with E-state index >= 15 is 0 Å². The van der Waals surface area contributed by atoms with Crippen LogP contribution in [-0.2, 0) is 19.3 Å². The first-order valence-corrected chi connectivity index (χ1v) is 8.23. The molecule has 2 aromatic carbocycles. The molecule has 0 radical (unpaired) electrons. The Morgan fingerprint density at radius 1 is 1.11 bits per heavy atom. The van der Waals surface area contributed by atoms with Gasteiger partial charge in [0.1, 0.15) is 5.82 Å². The number of benzene rings is 2. The van der Waals surface area contributed by atoms with Gasteiger partial charge >= 0.3 is 6.18 Å². The summed E-state index contributed by atoms with van der Waals surface area (Å²) in [5.74, 6) is -0.185.